The van der Waals surface area contributed by atoms with Crippen molar-refractivity contribution in [3.8, 4) is 5.75 Å². The Kier molecular flexibility index (Phi) is 6.64. The highest BCUT2D eigenvalue weighted by Gasteiger charge is 2.35. The highest BCUT2D eigenvalue weighted by molar-refractivity contribution is 7.15. The van der Waals surface area contributed by atoms with Crippen molar-refractivity contribution < 1.29 is 19.1 Å². The van der Waals surface area contributed by atoms with E-state index in [4.69, 9.17) is 4.74 Å². The first kappa shape index (κ1) is 22.4. The number of ether oxygens (including phenoxy) is 1. The van der Waals surface area contributed by atoms with Gasteiger partial charge in [-0.3, -0.25) is 14.4 Å². The van der Waals surface area contributed by atoms with E-state index in [1.807, 2.05) is 24.3 Å². The van der Waals surface area contributed by atoms with Crippen LogP contribution in [0.4, 0.5) is 16.5 Å². The molecule has 9 nitrogen and oxygen atoms in total. The Balaban J connectivity index is 1.34. The molecular formula is C23H23N5O4S. The fraction of sp³-hybridized carbons (Fsp3) is 0.261. The van der Waals surface area contributed by atoms with Crippen LogP contribution < -0.4 is 20.3 Å². The third-order valence-electron chi connectivity index (χ3n) is 5.21. The van der Waals surface area contributed by atoms with E-state index >= 15 is 0 Å². The van der Waals surface area contributed by atoms with Crippen molar-refractivity contribution in [2.45, 2.75) is 19.8 Å². The summed E-state index contributed by atoms with van der Waals surface area (Å²) in [5, 5.41) is 14.9. The van der Waals surface area contributed by atoms with Crippen LogP contribution in [0.3, 0.4) is 0 Å². The molecule has 1 aliphatic rings. The molecule has 1 aromatic heterocycles. The first-order valence-corrected chi connectivity index (χ1v) is 11.2. The third kappa shape index (κ3) is 5.53. The van der Waals surface area contributed by atoms with Gasteiger partial charge in [-0.2, -0.15) is 0 Å². The summed E-state index contributed by atoms with van der Waals surface area (Å²) >= 11 is 1.31. The molecule has 0 saturated carbocycles. The maximum Gasteiger partial charge on any atom is 0.231 e. The van der Waals surface area contributed by atoms with Gasteiger partial charge in [0.1, 0.15) is 10.8 Å². The molecule has 2 aromatic carbocycles. The lowest BCUT2D eigenvalue weighted by Gasteiger charge is -2.17. The summed E-state index contributed by atoms with van der Waals surface area (Å²) < 4.78 is 5.16. The minimum absolute atomic E-state index is 0.122. The lowest BCUT2D eigenvalue weighted by Crippen LogP contribution is -2.28. The van der Waals surface area contributed by atoms with Crippen molar-refractivity contribution in [3.05, 3.63) is 59.1 Å². The van der Waals surface area contributed by atoms with E-state index in [1.54, 1.807) is 36.3 Å². The molecule has 0 aliphatic carbocycles. The number of hydrogen-bond donors (Lipinski definition) is 2. The van der Waals surface area contributed by atoms with Crippen molar-refractivity contribution in [3.63, 3.8) is 0 Å². The third-order valence-corrected chi connectivity index (χ3v) is 6.05. The number of nitrogens with zero attached hydrogens (tertiary/aromatic N) is 3. The van der Waals surface area contributed by atoms with Gasteiger partial charge in [-0.15, -0.1) is 10.2 Å². The van der Waals surface area contributed by atoms with Crippen LogP contribution in [0.5, 0.6) is 5.75 Å². The zero-order valence-electron chi connectivity index (χ0n) is 18.2. The molecule has 0 bridgehead atoms. The molecule has 1 unspecified atom stereocenters. The van der Waals surface area contributed by atoms with Gasteiger partial charge in [0.05, 0.1) is 13.0 Å². The molecule has 2 heterocycles. The van der Waals surface area contributed by atoms with E-state index in [9.17, 15) is 14.4 Å². The molecule has 2 N–H and O–H groups in total. The van der Waals surface area contributed by atoms with Crippen LogP contribution in [0.15, 0.2) is 48.5 Å². The number of hydrogen-bond acceptors (Lipinski definition) is 7. The largest absolute Gasteiger partial charge is 0.497 e. The number of anilines is 3. The topological polar surface area (TPSA) is 114 Å². The average Bonchev–Trinajstić information content (AvgIpc) is 3.40. The Bertz CT molecular complexity index is 1160. The normalized spacial score (nSPS) is 15.4. The number of carbonyl (C=O) groups excluding carboxylic acids is 3. The number of aromatic nitrogens is 2. The highest BCUT2D eigenvalue weighted by Crippen LogP contribution is 2.28. The Morgan fingerprint density at radius 2 is 1.82 bits per heavy atom. The van der Waals surface area contributed by atoms with Crippen molar-refractivity contribution in [1.82, 2.24) is 10.2 Å². The van der Waals surface area contributed by atoms with Gasteiger partial charge in [-0.25, -0.2) is 0 Å². The fourth-order valence-corrected chi connectivity index (χ4v) is 4.34. The first-order chi connectivity index (χ1) is 15.9. The summed E-state index contributed by atoms with van der Waals surface area (Å²) in [6.45, 7) is 1.71. The van der Waals surface area contributed by atoms with Crippen LogP contribution in [-0.2, 0) is 20.8 Å². The summed E-state index contributed by atoms with van der Waals surface area (Å²) in [4.78, 5) is 38.0. The maximum absolute atomic E-state index is 12.7. The number of amides is 3. The second kappa shape index (κ2) is 9.78. The van der Waals surface area contributed by atoms with Gasteiger partial charge in [0.2, 0.25) is 22.9 Å². The summed E-state index contributed by atoms with van der Waals surface area (Å²) in [6.07, 6.45) is 0.721. The molecule has 10 heteroatoms. The van der Waals surface area contributed by atoms with Gasteiger partial charge in [-0.1, -0.05) is 23.5 Å². The summed E-state index contributed by atoms with van der Waals surface area (Å²) in [6, 6.07) is 14.6. The van der Waals surface area contributed by atoms with E-state index in [2.05, 4.69) is 20.8 Å². The van der Waals surface area contributed by atoms with Gasteiger partial charge in [-0.05, 0) is 42.0 Å². The quantitative estimate of drug-likeness (QED) is 0.554. The SMILES string of the molecule is COc1ccc(Cc2nnc(NC(=O)C3CC(=O)N(c4ccc(NC(C)=O)cc4)C3)s2)cc1. The molecule has 170 valence electrons. The zero-order chi connectivity index (χ0) is 23.4. The van der Waals surface area contributed by atoms with Crippen LogP contribution in [-0.4, -0.2) is 41.6 Å². The lowest BCUT2D eigenvalue weighted by molar-refractivity contribution is -0.122. The minimum Gasteiger partial charge on any atom is -0.497 e. The van der Waals surface area contributed by atoms with Gasteiger partial charge in [0, 0.05) is 37.7 Å². The van der Waals surface area contributed by atoms with Crippen molar-refractivity contribution in [1.29, 1.82) is 0 Å². The Morgan fingerprint density at radius 3 is 2.48 bits per heavy atom. The average molecular weight is 466 g/mol. The van der Waals surface area contributed by atoms with Crippen molar-refractivity contribution in [2.75, 3.05) is 29.2 Å². The minimum atomic E-state index is -0.485. The first-order valence-electron chi connectivity index (χ1n) is 10.4. The van der Waals surface area contributed by atoms with Gasteiger partial charge < -0.3 is 20.3 Å². The molecular weight excluding hydrogens is 442 g/mol. The molecule has 0 radical (unpaired) electrons. The summed E-state index contributed by atoms with van der Waals surface area (Å²) in [5.41, 5.74) is 2.39. The lowest BCUT2D eigenvalue weighted by atomic mass is 10.1. The molecule has 4 rings (SSSR count). The number of methoxy groups -OCH3 is 1. The molecule has 33 heavy (non-hydrogen) atoms. The van der Waals surface area contributed by atoms with Crippen molar-refractivity contribution >= 4 is 45.6 Å². The van der Waals surface area contributed by atoms with Crippen LogP contribution >= 0.6 is 11.3 Å². The number of carbonyl (C=O) groups is 3. The maximum atomic E-state index is 12.7. The van der Waals surface area contributed by atoms with E-state index in [0.29, 0.717) is 22.9 Å². The van der Waals surface area contributed by atoms with Crippen LogP contribution in [0, 0.1) is 5.92 Å². The van der Waals surface area contributed by atoms with Gasteiger partial charge >= 0.3 is 0 Å². The number of nitrogens with one attached hydrogen (secondary N) is 2. The number of rotatable bonds is 7. The van der Waals surface area contributed by atoms with Gasteiger partial charge in [0.25, 0.3) is 0 Å². The van der Waals surface area contributed by atoms with Gasteiger partial charge in [0.15, 0.2) is 0 Å². The molecule has 3 aromatic rings. The van der Waals surface area contributed by atoms with Crippen LogP contribution in [0.2, 0.25) is 0 Å². The highest BCUT2D eigenvalue weighted by atomic mass is 32.1. The second-order valence-corrected chi connectivity index (χ2v) is 8.71. The van der Waals surface area contributed by atoms with E-state index in [-0.39, 0.29) is 30.7 Å². The molecule has 1 aliphatic heterocycles. The van der Waals surface area contributed by atoms with Crippen LogP contribution in [0.1, 0.15) is 23.9 Å². The summed E-state index contributed by atoms with van der Waals surface area (Å²) in [5.74, 6) is -0.248. The Labute approximate surface area is 194 Å². The van der Waals surface area contributed by atoms with Crippen LogP contribution in [0.25, 0.3) is 0 Å². The predicted molar refractivity (Wildman–Crippen MR) is 126 cm³/mol. The molecule has 3 amide bonds. The molecule has 1 fully saturated rings. The summed E-state index contributed by atoms with van der Waals surface area (Å²) in [7, 11) is 1.62. The monoisotopic (exact) mass is 465 g/mol. The number of benzene rings is 2. The fourth-order valence-electron chi connectivity index (χ4n) is 3.56. The van der Waals surface area contributed by atoms with E-state index < -0.39 is 5.92 Å². The zero-order valence-corrected chi connectivity index (χ0v) is 19.0. The van der Waals surface area contributed by atoms with E-state index in [0.717, 1.165) is 16.3 Å². The molecule has 1 atom stereocenters. The Hall–Kier alpha value is -3.79. The predicted octanol–water partition coefficient (Wildman–Crippen LogP) is 3.09. The second-order valence-electron chi connectivity index (χ2n) is 7.65. The standard InChI is InChI=1S/C23H23N5O4S/c1-14(29)24-17-5-7-18(8-6-17)28-13-16(12-21(28)30)22(31)25-23-27-26-20(33-23)11-15-3-9-19(32-2)10-4-15/h3-10,16H,11-13H2,1-2H3,(H,24,29)(H,25,27,31). The van der Waals surface area contributed by atoms with Crippen molar-refractivity contribution in [2.24, 2.45) is 5.92 Å². The molecule has 1 saturated heterocycles. The molecule has 0 spiro atoms. The smallest absolute Gasteiger partial charge is 0.231 e. The Morgan fingerprint density at radius 1 is 1.09 bits per heavy atom. The van der Waals surface area contributed by atoms with E-state index in [1.165, 1.54) is 18.3 Å².